The third-order valence-electron chi connectivity index (χ3n) is 4.87. The molecule has 0 N–H and O–H groups in total. The molecule has 1 aliphatic carbocycles. The Hall–Kier alpha value is -1.19. The lowest BCUT2D eigenvalue weighted by molar-refractivity contribution is -0.144. The van der Waals surface area contributed by atoms with Gasteiger partial charge in [0.15, 0.2) is 9.84 Å². The first-order valence-electron chi connectivity index (χ1n) is 8.69. The molecule has 2 aromatic rings. The van der Waals surface area contributed by atoms with E-state index in [0.29, 0.717) is 12.3 Å². The van der Waals surface area contributed by atoms with Gasteiger partial charge < -0.3 is 4.74 Å². The summed E-state index contributed by atoms with van der Waals surface area (Å²) in [6, 6.07) is 0. The van der Waals surface area contributed by atoms with Gasteiger partial charge in [0.05, 0.1) is 17.3 Å². The van der Waals surface area contributed by atoms with Crippen molar-refractivity contribution in [2.75, 3.05) is 17.3 Å². The van der Waals surface area contributed by atoms with E-state index in [1.807, 2.05) is 0 Å². The van der Waals surface area contributed by atoms with Gasteiger partial charge in [-0.2, -0.15) is 0 Å². The van der Waals surface area contributed by atoms with Gasteiger partial charge in [-0.05, 0) is 37.2 Å². The summed E-state index contributed by atoms with van der Waals surface area (Å²) in [5.41, 5.74) is 1.33. The van der Waals surface area contributed by atoms with Crippen molar-refractivity contribution in [3.63, 3.8) is 0 Å². The molecule has 0 aromatic carbocycles. The quantitative estimate of drug-likeness (QED) is 0.433. The van der Waals surface area contributed by atoms with Crippen LogP contribution < -0.4 is 0 Å². The van der Waals surface area contributed by atoms with E-state index in [2.05, 4.69) is 16.9 Å². The number of hydrogen-bond donors (Lipinski definition) is 0. The molecule has 4 rings (SSSR count). The van der Waals surface area contributed by atoms with Gasteiger partial charge in [-0.3, -0.25) is 4.79 Å². The summed E-state index contributed by atoms with van der Waals surface area (Å²) in [5.74, 6) is 0.476. The van der Waals surface area contributed by atoms with Crippen LogP contribution in [0.2, 0.25) is 0 Å². The molecule has 1 saturated heterocycles. The Morgan fingerprint density at radius 1 is 1.38 bits per heavy atom. The van der Waals surface area contributed by atoms with Crippen LogP contribution in [0, 0.1) is 5.92 Å². The monoisotopic (exact) mass is 412 g/mol. The number of thioether (sulfide) groups is 1. The summed E-state index contributed by atoms with van der Waals surface area (Å²) in [5, 5.41) is 1.90. The Bertz CT molecular complexity index is 954. The minimum absolute atomic E-state index is 0.0582. The van der Waals surface area contributed by atoms with Crippen LogP contribution >= 0.6 is 23.1 Å². The number of nitrogens with zero attached hydrogens (tertiary/aromatic N) is 2. The highest BCUT2D eigenvalue weighted by molar-refractivity contribution is 8.00. The molecule has 140 valence electrons. The SMILES string of the molecule is C[C@@H]1CCc2c(sc3ncnc(SCC(=O)O[C@H]4CCS(=O)(=O)C4)c23)C1. The number of aryl methyl sites for hydroxylation is 1. The van der Waals surface area contributed by atoms with E-state index in [1.165, 1.54) is 22.2 Å². The summed E-state index contributed by atoms with van der Waals surface area (Å²) in [4.78, 5) is 23.3. The maximum atomic E-state index is 12.1. The van der Waals surface area contributed by atoms with Gasteiger partial charge in [-0.1, -0.05) is 18.7 Å². The molecular weight excluding hydrogens is 392 g/mol. The summed E-state index contributed by atoms with van der Waals surface area (Å²) >= 11 is 3.08. The first kappa shape index (κ1) is 18.2. The lowest BCUT2D eigenvalue weighted by Crippen LogP contribution is -2.20. The van der Waals surface area contributed by atoms with Gasteiger partial charge in [0.25, 0.3) is 0 Å². The maximum absolute atomic E-state index is 12.1. The number of fused-ring (bicyclic) bond motifs is 3. The second-order valence-corrected chi connectivity index (χ2v) is 11.3. The average molecular weight is 413 g/mol. The van der Waals surface area contributed by atoms with Crippen molar-refractivity contribution >= 4 is 49.1 Å². The number of thiophene rings is 1. The van der Waals surface area contributed by atoms with Gasteiger partial charge in [0.1, 0.15) is 22.3 Å². The first-order valence-corrected chi connectivity index (χ1v) is 12.3. The Labute approximate surface area is 160 Å². The lowest BCUT2D eigenvalue weighted by atomic mass is 9.89. The zero-order valence-electron chi connectivity index (χ0n) is 14.4. The van der Waals surface area contributed by atoms with E-state index < -0.39 is 15.9 Å². The second kappa shape index (κ2) is 7.09. The Morgan fingerprint density at radius 3 is 3.00 bits per heavy atom. The van der Waals surface area contributed by atoms with Crippen molar-refractivity contribution < 1.29 is 17.9 Å². The minimum Gasteiger partial charge on any atom is -0.461 e. The lowest BCUT2D eigenvalue weighted by Gasteiger charge is -2.18. The second-order valence-electron chi connectivity index (χ2n) is 7.01. The molecule has 0 radical (unpaired) electrons. The van der Waals surface area contributed by atoms with Crippen molar-refractivity contribution in [3.05, 3.63) is 16.8 Å². The van der Waals surface area contributed by atoms with Crippen molar-refractivity contribution in [3.8, 4) is 0 Å². The summed E-state index contributed by atoms with van der Waals surface area (Å²) < 4.78 is 28.2. The van der Waals surface area contributed by atoms with Gasteiger partial charge >= 0.3 is 5.97 Å². The molecule has 1 aliphatic heterocycles. The summed E-state index contributed by atoms with van der Waals surface area (Å²) in [6.07, 6.45) is 4.71. The van der Waals surface area contributed by atoms with Crippen LogP contribution in [-0.4, -0.2) is 47.7 Å². The standard InChI is InChI=1S/C17H20N2O4S3/c1-10-2-3-12-13(6-10)25-17-15(12)16(18-9-19-17)24-7-14(20)23-11-4-5-26(21,22)8-11/h9-11H,2-8H2,1H3/t10-,11+/m1/s1. The van der Waals surface area contributed by atoms with Gasteiger partial charge in [-0.25, -0.2) is 18.4 Å². The molecule has 0 spiro atoms. The highest BCUT2D eigenvalue weighted by atomic mass is 32.2. The van der Waals surface area contributed by atoms with Crippen molar-refractivity contribution in [1.29, 1.82) is 0 Å². The first-order chi connectivity index (χ1) is 12.4. The van der Waals surface area contributed by atoms with Gasteiger partial charge in [0, 0.05) is 10.3 Å². The third kappa shape index (κ3) is 3.75. The molecule has 0 bridgehead atoms. The molecule has 26 heavy (non-hydrogen) atoms. The number of rotatable bonds is 4. The Balaban J connectivity index is 1.47. The molecule has 6 nitrogen and oxygen atoms in total. The fraction of sp³-hybridized carbons (Fsp3) is 0.588. The molecule has 2 aromatic heterocycles. The fourth-order valence-corrected chi connectivity index (χ4v) is 7.37. The molecule has 2 aliphatic rings. The average Bonchev–Trinajstić information content (AvgIpc) is 3.11. The van der Waals surface area contributed by atoms with Crippen molar-refractivity contribution in [2.45, 2.75) is 43.7 Å². The normalized spacial score (nSPS) is 24.5. The van der Waals surface area contributed by atoms with Crippen LogP contribution in [-0.2, 0) is 32.2 Å². The van der Waals surface area contributed by atoms with Crippen LogP contribution in [0.4, 0.5) is 0 Å². The third-order valence-corrected chi connectivity index (χ3v) is 8.74. The molecular formula is C17H20N2O4S3. The number of hydrogen-bond acceptors (Lipinski definition) is 8. The summed E-state index contributed by atoms with van der Waals surface area (Å²) in [6.45, 7) is 2.27. The van der Waals surface area contributed by atoms with Crippen molar-refractivity contribution in [2.24, 2.45) is 5.92 Å². The molecule has 0 amide bonds. The number of esters is 1. The van der Waals surface area contributed by atoms with Gasteiger partial charge in [0.2, 0.25) is 0 Å². The largest absolute Gasteiger partial charge is 0.461 e. The maximum Gasteiger partial charge on any atom is 0.316 e. The highest BCUT2D eigenvalue weighted by Crippen LogP contribution is 2.40. The molecule has 0 saturated carbocycles. The van der Waals surface area contributed by atoms with Crippen molar-refractivity contribution in [1.82, 2.24) is 9.97 Å². The highest BCUT2D eigenvalue weighted by Gasteiger charge is 2.31. The molecule has 3 heterocycles. The Kier molecular flexibility index (Phi) is 4.96. The predicted molar refractivity (Wildman–Crippen MR) is 102 cm³/mol. The van der Waals surface area contributed by atoms with Gasteiger partial charge in [-0.15, -0.1) is 11.3 Å². The van der Waals surface area contributed by atoms with Crippen LogP contribution in [0.5, 0.6) is 0 Å². The van der Waals surface area contributed by atoms with E-state index in [-0.39, 0.29) is 23.2 Å². The topological polar surface area (TPSA) is 86.2 Å². The fourth-order valence-electron chi connectivity index (χ4n) is 3.56. The number of carbonyl (C=O) groups is 1. The molecule has 0 unspecified atom stereocenters. The number of aromatic nitrogens is 2. The zero-order chi connectivity index (χ0) is 18.3. The minimum atomic E-state index is -3.05. The van der Waals surface area contributed by atoms with Crippen LogP contribution in [0.3, 0.4) is 0 Å². The van der Waals surface area contributed by atoms with E-state index >= 15 is 0 Å². The van der Waals surface area contributed by atoms with E-state index in [4.69, 9.17) is 4.74 Å². The van der Waals surface area contributed by atoms with Crippen LogP contribution in [0.1, 0.15) is 30.2 Å². The summed E-state index contributed by atoms with van der Waals surface area (Å²) in [7, 11) is -3.05. The molecule has 9 heteroatoms. The smallest absolute Gasteiger partial charge is 0.316 e. The predicted octanol–water partition coefficient (Wildman–Crippen LogP) is 2.64. The molecule has 2 atom stereocenters. The Morgan fingerprint density at radius 2 is 2.23 bits per heavy atom. The van der Waals surface area contributed by atoms with E-state index in [9.17, 15) is 13.2 Å². The van der Waals surface area contributed by atoms with E-state index in [0.717, 1.165) is 34.5 Å². The zero-order valence-corrected chi connectivity index (χ0v) is 16.9. The van der Waals surface area contributed by atoms with E-state index in [1.54, 1.807) is 17.7 Å². The van der Waals surface area contributed by atoms with Crippen LogP contribution in [0.15, 0.2) is 11.4 Å². The van der Waals surface area contributed by atoms with Crippen LogP contribution in [0.25, 0.3) is 10.2 Å². The number of sulfone groups is 1. The number of carbonyl (C=O) groups excluding carboxylic acids is 1. The molecule has 1 fully saturated rings. The number of ether oxygens (including phenoxy) is 1.